The summed E-state index contributed by atoms with van der Waals surface area (Å²) in [5.74, 6) is 0. The van der Waals surface area contributed by atoms with E-state index >= 15 is 0 Å². The minimum atomic E-state index is -1.05. The topological polar surface area (TPSA) is 55.8 Å². The second-order valence-electron chi connectivity index (χ2n) is 1.68. The number of carbonyl (C=O) groups is 1. The van der Waals surface area contributed by atoms with Gasteiger partial charge >= 0.3 is 6.16 Å². The molecule has 0 aromatic rings. The van der Waals surface area contributed by atoms with Gasteiger partial charge in [-0.25, -0.2) is 4.79 Å². The van der Waals surface area contributed by atoms with Gasteiger partial charge in [0.15, 0.2) is 0 Å². The molecule has 4 nitrogen and oxygen atoms in total. The van der Waals surface area contributed by atoms with Crippen LogP contribution in [0.4, 0.5) is 4.79 Å². The Bertz CT molecular complexity index is 91.0. The van der Waals surface area contributed by atoms with Crippen molar-refractivity contribution in [1.29, 1.82) is 0 Å². The molecular formula is C5H10O4. The summed E-state index contributed by atoms with van der Waals surface area (Å²) in [5.41, 5.74) is 0. The van der Waals surface area contributed by atoms with E-state index in [1.165, 1.54) is 0 Å². The van der Waals surface area contributed by atoms with Crippen LogP contribution in [0.3, 0.4) is 0 Å². The van der Waals surface area contributed by atoms with Gasteiger partial charge in [0.1, 0.15) is 6.10 Å². The van der Waals surface area contributed by atoms with Gasteiger partial charge in [-0.15, -0.1) is 0 Å². The predicted octanol–water partition coefficient (Wildman–Crippen LogP) is 1.41. The highest BCUT2D eigenvalue weighted by molar-refractivity contribution is 5.58. The van der Waals surface area contributed by atoms with Crippen LogP contribution >= 0.6 is 0 Å². The summed E-state index contributed by atoms with van der Waals surface area (Å²) in [7, 11) is 0. The second-order valence-corrected chi connectivity index (χ2v) is 1.68. The van der Waals surface area contributed by atoms with Crippen LogP contribution in [0, 0.1) is 0 Å². The normalized spacial score (nSPS) is 12.3. The Morgan fingerprint density at radius 1 is 1.78 bits per heavy atom. The van der Waals surface area contributed by atoms with Crippen LogP contribution in [0.1, 0.15) is 20.3 Å². The SMILES string of the molecule is CCC(C)OC(=O)OO. The number of hydrogen-bond donors (Lipinski definition) is 1. The van der Waals surface area contributed by atoms with Crippen molar-refractivity contribution >= 4 is 6.16 Å². The monoisotopic (exact) mass is 134 g/mol. The third-order valence-electron chi connectivity index (χ3n) is 0.947. The summed E-state index contributed by atoms with van der Waals surface area (Å²) in [6.07, 6.45) is -0.552. The van der Waals surface area contributed by atoms with E-state index in [2.05, 4.69) is 9.62 Å². The zero-order valence-corrected chi connectivity index (χ0v) is 5.46. The van der Waals surface area contributed by atoms with E-state index < -0.39 is 6.16 Å². The molecule has 0 saturated carbocycles. The Morgan fingerprint density at radius 2 is 2.33 bits per heavy atom. The van der Waals surface area contributed by atoms with E-state index in [9.17, 15) is 4.79 Å². The third-order valence-corrected chi connectivity index (χ3v) is 0.947. The van der Waals surface area contributed by atoms with Crippen molar-refractivity contribution in [2.24, 2.45) is 0 Å². The van der Waals surface area contributed by atoms with E-state index in [1.807, 2.05) is 6.92 Å². The number of hydrogen-bond acceptors (Lipinski definition) is 4. The summed E-state index contributed by atoms with van der Waals surface area (Å²) in [6, 6.07) is 0. The quantitative estimate of drug-likeness (QED) is 0.352. The van der Waals surface area contributed by atoms with E-state index in [1.54, 1.807) is 6.92 Å². The predicted molar refractivity (Wildman–Crippen MR) is 29.9 cm³/mol. The maximum Gasteiger partial charge on any atom is 0.540 e. The standard InChI is InChI=1S/C5H10O4/c1-3-4(2)8-5(6)9-7/h4,7H,3H2,1-2H3. The van der Waals surface area contributed by atoms with Crippen molar-refractivity contribution in [2.45, 2.75) is 26.4 Å². The molecule has 1 unspecified atom stereocenters. The average Bonchev–Trinajstić information content (AvgIpc) is 1.87. The Labute approximate surface area is 53.3 Å². The van der Waals surface area contributed by atoms with Gasteiger partial charge in [-0.3, -0.25) is 4.89 Å². The summed E-state index contributed by atoms with van der Waals surface area (Å²) in [6.45, 7) is 3.56. The fourth-order valence-electron chi connectivity index (χ4n) is 0.269. The molecule has 0 aliphatic heterocycles. The van der Waals surface area contributed by atoms with Gasteiger partial charge in [-0.1, -0.05) is 6.92 Å². The van der Waals surface area contributed by atoms with Crippen LogP contribution in [0.25, 0.3) is 0 Å². The molecule has 0 rings (SSSR count). The molecule has 54 valence electrons. The molecule has 0 aliphatic carbocycles. The lowest BCUT2D eigenvalue weighted by Gasteiger charge is -2.06. The van der Waals surface area contributed by atoms with Gasteiger partial charge in [0.05, 0.1) is 0 Å². The first-order valence-corrected chi connectivity index (χ1v) is 2.72. The molecule has 9 heavy (non-hydrogen) atoms. The maximum absolute atomic E-state index is 10.1. The minimum absolute atomic E-state index is 0.204. The molecule has 1 N–H and O–H groups in total. The Balaban J connectivity index is 3.34. The van der Waals surface area contributed by atoms with Gasteiger partial charge in [-0.05, 0) is 13.3 Å². The molecule has 0 spiro atoms. The second kappa shape index (κ2) is 4.14. The lowest BCUT2D eigenvalue weighted by Crippen LogP contribution is -2.13. The number of ether oxygens (including phenoxy) is 1. The molecule has 0 fully saturated rings. The van der Waals surface area contributed by atoms with Crippen LogP contribution in [-0.4, -0.2) is 17.5 Å². The Hall–Kier alpha value is -0.770. The summed E-state index contributed by atoms with van der Waals surface area (Å²) in [4.78, 5) is 13.3. The highest BCUT2D eigenvalue weighted by Crippen LogP contribution is 1.96. The van der Waals surface area contributed by atoms with Gasteiger partial charge < -0.3 is 4.74 Å². The highest BCUT2D eigenvalue weighted by atomic mass is 17.1. The minimum Gasteiger partial charge on any atom is -0.429 e. The lowest BCUT2D eigenvalue weighted by molar-refractivity contribution is -0.204. The van der Waals surface area contributed by atoms with Crippen molar-refractivity contribution in [2.75, 3.05) is 0 Å². The molecule has 0 amide bonds. The van der Waals surface area contributed by atoms with Crippen LogP contribution in [-0.2, 0) is 9.62 Å². The smallest absolute Gasteiger partial charge is 0.429 e. The number of carbonyl (C=O) groups excluding carboxylic acids is 1. The van der Waals surface area contributed by atoms with Crippen LogP contribution in [0.15, 0.2) is 0 Å². The summed E-state index contributed by atoms with van der Waals surface area (Å²) < 4.78 is 4.44. The van der Waals surface area contributed by atoms with Crippen molar-refractivity contribution < 1.29 is 19.7 Å². The molecule has 0 saturated heterocycles. The molecular weight excluding hydrogens is 124 g/mol. The molecule has 0 aromatic carbocycles. The molecule has 0 radical (unpaired) electrons. The van der Waals surface area contributed by atoms with Gasteiger partial charge in [0.2, 0.25) is 0 Å². The zero-order chi connectivity index (χ0) is 7.28. The summed E-state index contributed by atoms with van der Waals surface area (Å²) >= 11 is 0. The fraction of sp³-hybridized carbons (Fsp3) is 0.800. The Kier molecular flexibility index (Phi) is 3.79. The van der Waals surface area contributed by atoms with E-state index in [0.717, 1.165) is 0 Å². The molecule has 0 aliphatic rings. The van der Waals surface area contributed by atoms with Crippen LogP contribution in [0.2, 0.25) is 0 Å². The first-order valence-electron chi connectivity index (χ1n) is 2.72. The van der Waals surface area contributed by atoms with Crippen molar-refractivity contribution in [3.8, 4) is 0 Å². The fourth-order valence-corrected chi connectivity index (χ4v) is 0.269. The molecule has 4 heteroatoms. The first-order chi connectivity index (χ1) is 4.20. The van der Waals surface area contributed by atoms with Crippen molar-refractivity contribution in [3.05, 3.63) is 0 Å². The van der Waals surface area contributed by atoms with Crippen molar-refractivity contribution in [3.63, 3.8) is 0 Å². The zero-order valence-electron chi connectivity index (χ0n) is 5.46. The van der Waals surface area contributed by atoms with E-state index in [0.29, 0.717) is 6.42 Å². The molecule has 0 bridgehead atoms. The lowest BCUT2D eigenvalue weighted by atomic mass is 10.3. The molecule has 1 atom stereocenters. The van der Waals surface area contributed by atoms with Gasteiger partial charge in [0, 0.05) is 0 Å². The first kappa shape index (κ1) is 8.23. The summed E-state index contributed by atoms with van der Waals surface area (Å²) in [5, 5.41) is 7.70. The van der Waals surface area contributed by atoms with Crippen molar-refractivity contribution in [1.82, 2.24) is 0 Å². The molecule has 0 heterocycles. The third kappa shape index (κ3) is 3.78. The average molecular weight is 134 g/mol. The maximum atomic E-state index is 10.1. The van der Waals surface area contributed by atoms with Crippen LogP contribution in [0.5, 0.6) is 0 Å². The Morgan fingerprint density at radius 3 is 2.67 bits per heavy atom. The highest BCUT2D eigenvalue weighted by Gasteiger charge is 2.06. The van der Waals surface area contributed by atoms with E-state index in [-0.39, 0.29) is 6.10 Å². The largest absolute Gasteiger partial charge is 0.540 e. The number of rotatable bonds is 2. The van der Waals surface area contributed by atoms with E-state index in [4.69, 9.17) is 5.26 Å². The van der Waals surface area contributed by atoms with Gasteiger partial charge in [-0.2, -0.15) is 5.26 Å². The van der Waals surface area contributed by atoms with Gasteiger partial charge in [0.25, 0.3) is 0 Å². The molecule has 0 aromatic heterocycles. The van der Waals surface area contributed by atoms with Crippen LogP contribution < -0.4 is 0 Å².